The van der Waals surface area contributed by atoms with E-state index < -0.39 is 0 Å². The highest BCUT2D eigenvalue weighted by molar-refractivity contribution is 7.09. The second kappa shape index (κ2) is 5.21. The van der Waals surface area contributed by atoms with Crippen molar-refractivity contribution in [3.05, 3.63) is 52.1 Å². The fourth-order valence-electron chi connectivity index (χ4n) is 2.25. The number of hydrogen-bond donors (Lipinski definition) is 0. The zero-order valence-corrected chi connectivity index (χ0v) is 12.4. The minimum atomic E-state index is 0.469. The van der Waals surface area contributed by atoms with Crippen LogP contribution in [0, 0.1) is 0 Å². The lowest BCUT2D eigenvalue weighted by Gasteiger charge is -2.04. The van der Waals surface area contributed by atoms with Gasteiger partial charge < -0.3 is 4.57 Å². The number of carbonyl (C=O) groups excluding carboxylic acids is 1. The molecule has 0 spiro atoms. The Kier molecular flexibility index (Phi) is 3.40. The summed E-state index contributed by atoms with van der Waals surface area (Å²) in [4.78, 5) is 15.6. The molecule has 0 fully saturated rings. The first-order valence-electron chi connectivity index (χ1n) is 6.66. The van der Waals surface area contributed by atoms with E-state index in [1.54, 1.807) is 11.3 Å². The van der Waals surface area contributed by atoms with Crippen LogP contribution in [0.5, 0.6) is 0 Å². The number of hydrogen-bond acceptors (Lipinski definition) is 3. The third-order valence-corrected chi connectivity index (χ3v) is 4.52. The number of nitrogens with zero attached hydrogens (tertiary/aromatic N) is 2. The fraction of sp³-hybridized carbons (Fsp3) is 0.250. The van der Waals surface area contributed by atoms with Gasteiger partial charge in [-0.3, -0.25) is 4.79 Å². The summed E-state index contributed by atoms with van der Waals surface area (Å²) in [5.41, 5.74) is 2.86. The number of thiazole rings is 1. The van der Waals surface area contributed by atoms with Crippen molar-refractivity contribution in [3.8, 4) is 0 Å². The summed E-state index contributed by atoms with van der Waals surface area (Å²) in [6, 6.07) is 7.83. The summed E-state index contributed by atoms with van der Waals surface area (Å²) in [5, 5.41) is 4.44. The maximum atomic E-state index is 10.9. The summed E-state index contributed by atoms with van der Waals surface area (Å²) in [6.45, 7) is 5.06. The Hall–Kier alpha value is -1.94. The van der Waals surface area contributed by atoms with E-state index in [1.807, 2.05) is 24.4 Å². The molecule has 0 radical (unpaired) electrons. The maximum Gasteiger partial charge on any atom is 0.150 e. The van der Waals surface area contributed by atoms with E-state index in [0.717, 1.165) is 29.4 Å². The highest BCUT2D eigenvalue weighted by Gasteiger charge is 2.08. The van der Waals surface area contributed by atoms with Gasteiger partial charge in [0.15, 0.2) is 0 Å². The van der Waals surface area contributed by atoms with E-state index in [4.69, 9.17) is 0 Å². The van der Waals surface area contributed by atoms with Crippen LogP contribution in [-0.4, -0.2) is 15.8 Å². The molecule has 3 rings (SSSR count). The maximum absolute atomic E-state index is 10.9. The van der Waals surface area contributed by atoms with Gasteiger partial charge in [-0.2, -0.15) is 0 Å². The van der Waals surface area contributed by atoms with Gasteiger partial charge in [0.2, 0.25) is 0 Å². The van der Waals surface area contributed by atoms with Gasteiger partial charge in [-0.25, -0.2) is 4.98 Å². The van der Waals surface area contributed by atoms with E-state index in [1.165, 1.54) is 5.01 Å². The predicted octanol–water partition coefficient (Wildman–Crippen LogP) is 4.08. The lowest BCUT2D eigenvalue weighted by atomic mass is 10.2. The van der Waals surface area contributed by atoms with Crippen LogP contribution >= 0.6 is 11.3 Å². The molecule has 0 bridgehead atoms. The van der Waals surface area contributed by atoms with Crippen molar-refractivity contribution in [2.75, 3.05) is 0 Å². The van der Waals surface area contributed by atoms with Gasteiger partial charge in [0.05, 0.1) is 17.2 Å². The first kappa shape index (κ1) is 13.1. The van der Waals surface area contributed by atoms with Crippen molar-refractivity contribution >= 4 is 28.5 Å². The van der Waals surface area contributed by atoms with E-state index in [-0.39, 0.29) is 0 Å². The van der Waals surface area contributed by atoms with Gasteiger partial charge in [0.1, 0.15) is 6.29 Å². The van der Waals surface area contributed by atoms with Crippen LogP contribution in [0.4, 0.5) is 0 Å². The Bertz CT molecular complexity index is 755. The second-order valence-corrected chi connectivity index (χ2v) is 6.10. The minimum absolute atomic E-state index is 0.469. The lowest BCUT2D eigenvalue weighted by molar-refractivity contribution is 0.112. The second-order valence-electron chi connectivity index (χ2n) is 5.21. The third-order valence-electron chi connectivity index (χ3n) is 3.33. The van der Waals surface area contributed by atoms with Gasteiger partial charge in [0, 0.05) is 28.6 Å². The molecule has 0 atom stereocenters. The molecule has 0 unspecified atom stereocenters. The summed E-state index contributed by atoms with van der Waals surface area (Å²) in [7, 11) is 0. The monoisotopic (exact) mass is 284 g/mol. The quantitative estimate of drug-likeness (QED) is 0.677. The molecule has 0 amide bonds. The zero-order chi connectivity index (χ0) is 14.1. The Labute approximate surface area is 121 Å². The average molecular weight is 284 g/mol. The van der Waals surface area contributed by atoms with Gasteiger partial charge in [-0.05, 0) is 17.5 Å². The molecule has 0 saturated heterocycles. The molecule has 0 aliphatic carbocycles. The standard InChI is InChI=1S/C16H16N2OS/c1-11(2)16-17-14(10-20-16)8-18-6-5-13-4-3-12(9-19)7-15(13)18/h3-7,9-11H,8H2,1-2H3. The van der Waals surface area contributed by atoms with Crippen LogP contribution in [-0.2, 0) is 6.54 Å². The Morgan fingerprint density at radius 2 is 2.20 bits per heavy atom. The highest BCUT2D eigenvalue weighted by atomic mass is 32.1. The Balaban J connectivity index is 1.95. The number of aldehydes is 1. The zero-order valence-electron chi connectivity index (χ0n) is 11.5. The van der Waals surface area contributed by atoms with Crippen LogP contribution < -0.4 is 0 Å². The molecule has 20 heavy (non-hydrogen) atoms. The Morgan fingerprint density at radius 1 is 1.35 bits per heavy atom. The van der Waals surface area contributed by atoms with Crippen LogP contribution in [0.2, 0.25) is 0 Å². The van der Waals surface area contributed by atoms with E-state index in [0.29, 0.717) is 11.5 Å². The van der Waals surface area contributed by atoms with Crippen molar-refractivity contribution in [1.29, 1.82) is 0 Å². The van der Waals surface area contributed by atoms with Crippen LogP contribution in [0.15, 0.2) is 35.8 Å². The van der Waals surface area contributed by atoms with Crippen molar-refractivity contribution in [3.63, 3.8) is 0 Å². The molecule has 0 aliphatic rings. The minimum Gasteiger partial charge on any atom is -0.341 e. The molecular formula is C16H16N2OS. The molecule has 0 aliphatic heterocycles. The van der Waals surface area contributed by atoms with Crippen molar-refractivity contribution in [1.82, 2.24) is 9.55 Å². The SMILES string of the molecule is CC(C)c1nc(Cn2ccc3ccc(C=O)cc32)cs1. The van der Waals surface area contributed by atoms with Gasteiger partial charge in [-0.15, -0.1) is 11.3 Å². The van der Waals surface area contributed by atoms with Gasteiger partial charge in [-0.1, -0.05) is 26.0 Å². The molecule has 4 heteroatoms. The number of rotatable bonds is 4. The molecule has 1 aromatic carbocycles. The van der Waals surface area contributed by atoms with Crippen LogP contribution in [0.3, 0.4) is 0 Å². The average Bonchev–Trinajstić information content (AvgIpc) is 3.06. The lowest BCUT2D eigenvalue weighted by Crippen LogP contribution is -1.99. The van der Waals surface area contributed by atoms with Crippen LogP contribution in [0.25, 0.3) is 10.9 Å². The van der Waals surface area contributed by atoms with Crippen molar-refractivity contribution in [2.45, 2.75) is 26.3 Å². The normalized spacial score (nSPS) is 11.3. The molecule has 3 nitrogen and oxygen atoms in total. The molecule has 2 aromatic heterocycles. The smallest absolute Gasteiger partial charge is 0.150 e. The molecule has 2 heterocycles. The molecule has 0 saturated carbocycles. The largest absolute Gasteiger partial charge is 0.341 e. The topological polar surface area (TPSA) is 34.9 Å². The molecule has 3 aromatic rings. The fourth-order valence-corrected chi connectivity index (χ4v) is 3.07. The van der Waals surface area contributed by atoms with Crippen LogP contribution in [0.1, 0.15) is 40.8 Å². The van der Waals surface area contributed by atoms with Gasteiger partial charge >= 0.3 is 0 Å². The first-order valence-corrected chi connectivity index (χ1v) is 7.53. The number of carbonyl (C=O) groups is 1. The van der Waals surface area contributed by atoms with Gasteiger partial charge in [0.25, 0.3) is 0 Å². The molecular weight excluding hydrogens is 268 g/mol. The van der Waals surface area contributed by atoms with E-state index >= 15 is 0 Å². The highest BCUT2D eigenvalue weighted by Crippen LogP contribution is 2.22. The molecule has 102 valence electrons. The van der Waals surface area contributed by atoms with E-state index in [2.05, 4.69) is 34.8 Å². The number of benzene rings is 1. The first-order chi connectivity index (χ1) is 9.67. The summed E-state index contributed by atoms with van der Waals surface area (Å²) >= 11 is 1.71. The third kappa shape index (κ3) is 2.39. The van der Waals surface area contributed by atoms with E-state index in [9.17, 15) is 4.79 Å². The Morgan fingerprint density at radius 3 is 2.90 bits per heavy atom. The number of fused-ring (bicyclic) bond motifs is 1. The van der Waals surface area contributed by atoms with Crippen molar-refractivity contribution < 1.29 is 4.79 Å². The number of aromatic nitrogens is 2. The molecule has 0 N–H and O–H groups in total. The summed E-state index contributed by atoms with van der Waals surface area (Å²) < 4.78 is 2.14. The summed E-state index contributed by atoms with van der Waals surface area (Å²) in [5.74, 6) is 0.469. The predicted molar refractivity (Wildman–Crippen MR) is 82.6 cm³/mol. The summed E-state index contributed by atoms with van der Waals surface area (Å²) in [6.07, 6.45) is 2.93. The van der Waals surface area contributed by atoms with Crippen molar-refractivity contribution in [2.24, 2.45) is 0 Å².